The Bertz CT molecular complexity index is 1510. The van der Waals surface area contributed by atoms with E-state index in [0.29, 0.717) is 33.2 Å². The van der Waals surface area contributed by atoms with Gasteiger partial charge in [-0.1, -0.05) is 42.5 Å². The van der Waals surface area contributed by atoms with Gasteiger partial charge in [-0.15, -0.1) is 11.3 Å². The number of nitrogens with one attached hydrogen (secondary N) is 1. The summed E-state index contributed by atoms with van der Waals surface area (Å²) in [6.45, 7) is 0. The molecule has 0 fully saturated rings. The van der Waals surface area contributed by atoms with E-state index in [1.165, 1.54) is 40.2 Å². The van der Waals surface area contributed by atoms with Crippen LogP contribution < -0.4 is 10.9 Å². The quantitative estimate of drug-likeness (QED) is 0.411. The van der Waals surface area contributed by atoms with Gasteiger partial charge in [0.2, 0.25) is 5.91 Å². The van der Waals surface area contributed by atoms with Crippen LogP contribution >= 0.6 is 11.3 Å². The van der Waals surface area contributed by atoms with Gasteiger partial charge in [-0.3, -0.25) is 9.59 Å². The third-order valence-electron chi connectivity index (χ3n) is 5.01. The Balaban J connectivity index is 1.51. The molecule has 0 aliphatic carbocycles. The standard InChI is InChI=1S/C25H17FN4O2S/c26-17-10-12-18(13-11-17)27-22(31)14-19-15-33-25(28-19)30-23(16-6-2-1-3-7-16)29-21-9-5-4-8-20(21)24(30)32/h1-13,15H,14H2,(H,27,31). The maximum atomic E-state index is 13.4. The van der Waals surface area contributed by atoms with Crippen LogP contribution in [0.1, 0.15) is 5.69 Å². The number of para-hydroxylation sites is 1. The molecule has 0 unspecified atom stereocenters. The largest absolute Gasteiger partial charge is 0.326 e. The maximum Gasteiger partial charge on any atom is 0.268 e. The fourth-order valence-corrected chi connectivity index (χ4v) is 4.30. The molecule has 0 aliphatic rings. The molecule has 0 spiro atoms. The Morgan fingerprint density at radius 3 is 2.45 bits per heavy atom. The van der Waals surface area contributed by atoms with Crippen LogP contribution in [0.25, 0.3) is 27.4 Å². The van der Waals surface area contributed by atoms with E-state index in [9.17, 15) is 14.0 Å². The topological polar surface area (TPSA) is 76.9 Å². The molecule has 1 N–H and O–H groups in total. The van der Waals surface area contributed by atoms with Crippen LogP contribution in [-0.2, 0) is 11.2 Å². The average Bonchev–Trinajstić information content (AvgIpc) is 3.28. The number of benzene rings is 3. The molecule has 0 saturated heterocycles. The van der Waals surface area contributed by atoms with Gasteiger partial charge in [0.1, 0.15) is 11.6 Å². The molecule has 162 valence electrons. The fraction of sp³-hybridized carbons (Fsp3) is 0.0400. The molecule has 2 aromatic heterocycles. The summed E-state index contributed by atoms with van der Waals surface area (Å²) < 4.78 is 14.6. The van der Waals surface area contributed by atoms with E-state index in [2.05, 4.69) is 10.3 Å². The highest BCUT2D eigenvalue weighted by Crippen LogP contribution is 2.24. The minimum absolute atomic E-state index is 0.0182. The zero-order valence-corrected chi connectivity index (χ0v) is 18.1. The molecule has 0 saturated carbocycles. The number of thiazole rings is 1. The number of carbonyl (C=O) groups excluding carboxylic acids is 1. The first kappa shape index (κ1) is 20.7. The Hall–Kier alpha value is -4.17. The van der Waals surface area contributed by atoms with Crippen LogP contribution in [0.15, 0.2) is 89.0 Å². The molecule has 0 aliphatic heterocycles. The number of nitrogens with zero attached hydrogens (tertiary/aromatic N) is 3. The van der Waals surface area contributed by atoms with Gasteiger partial charge < -0.3 is 5.32 Å². The average molecular weight is 457 g/mol. The van der Waals surface area contributed by atoms with E-state index in [1.807, 2.05) is 36.4 Å². The third kappa shape index (κ3) is 4.28. The first-order valence-electron chi connectivity index (χ1n) is 10.2. The molecule has 6 nitrogen and oxygen atoms in total. The Labute approximate surface area is 192 Å². The predicted molar refractivity (Wildman–Crippen MR) is 127 cm³/mol. The van der Waals surface area contributed by atoms with Gasteiger partial charge in [-0.25, -0.2) is 18.9 Å². The highest BCUT2D eigenvalue weighted by Gasteiger charge is 2.17. The van der Waals surface area contributed by atoms with Gasteiger partial charge in [-0.05, 0) is 36.4 Å². The summed E-state index contributed by atoms with van der Waals surface area (Å²) in [6.07, 6.45) is 0.0182. The normalized spacial score (nSPS) is 10.9. The second-order valence-corrected chi connectivity index (χ2v) is 8.15. The van der Waals surface area contributed by atoms with Crippen molar-refractivity contribution < 1.29 is 9.18 Å². The van der Waals surface area contributed by atoms with Crippen LogP contribution in [0.5, 0.6) is 0 Å². The molecule has 0 atom stereocenters. The van der Waals surface area contributed by atoms with Crippen molar-refractivity contribution >= 4 is 33.8 Å². The molecule has 33 heavy (non-hydrogen) atoms. The maximum absolute atomic E-state index is 13.4. The van der Waals surface area contributed by atoms with Gasteiger partial charge in [-0.2, -0.15) is 0 Å². The summed E-state index contributed by atoms with van der Waals surface area (Å²) in [5.41, 5.74) is 2.18. The number of amides is 1. The number of fused-ring (bicyclic) bond motifs is 1. The summed E-state index contributed by atoms with van der Waals surface area (Å²) in [7, 11) is 0. The van der Waals surface area contributed by atoms with Crippen LogP contribution in [0.2, 0.25) is 0 Å². The molecule has 3 aromatic carbocycles. The fourth-order valence-electron chi connectivity index (χ4n) is 3.47. The zero-order chi connectivity index (χ0) is 22.8. The Morgan fingerprint density at radius 1 is 0.939 bits per heavy atom. The van der Waals surface area contributed by atoms with E-state index in [-0.39, 0.29) is 23.7 Å². The lowest BCUT2D eigenvalue weighted by Crippen LogP contribution is -2.22. The van der Waals surface area contributed by atoms with Crippen molar-refractivity contribution in [1.29, 1.82) is 0 Å². The van der Waals surface area contributed by atoms with Crippen molar-refractivity contribution in [3.8, 4) is 16.5 Å². The molecular formula is C25H17FN4O2S. The van der Waals surface area contributed by atoms with E-state index in [0.717, 1.165) is 5.56 Å². The molecule has 0 radical (unpaired) electrons. The smallest absolute Gasteiger partial charge is 0.268 e. The number of aromatic nitrogens is 3. The predicted octanol–water partition coefficient (Wildman–Crippen LogP) is 4.83. The lowest BCUT2D eigenvalue weighted by atomic mass is 10.2. The first-order valence-corrected chi connectivity index (χ1v) is 11.0. The van der Waals surface area contributed by atoms with Crippen molar-refractivity contribution in [3.63, 3.8) is 0 Å². The summed E-state index contributed by atoms with van der Waals surface area (Å²) in [5, 5.41) is 5.38. The summed E-state index contributed by atoms with van der Waals surface area (Å²) in [5.74, 6) is -0.178. The number of rotatable bonds is 5. The van der Waals surface area contributed by atoms with Gasteiger partial charge >= 0.3 is 0 Å². The van der Waals surface area contributed by atoms with Crippen LogP contribution in [0.3, 0.4) is 0 Å². The number of anilines is 1. The van der Waals surface area contributed by atoms with Gasteiger partial charge in [0, 0.05) is 16.6 Å². The van der Waals surface area contributed by atoms with E-state index in [4.69, 9.17) is 4.98 Å². The zero-order valence-electron chi connectivity index (χ0n) is 17.2. The van der Waals surface area contributed by atoms with Gasteiger partial charge in [0.05, 0.1) is 23.0 Å². The van der Waals surface area contributed by atoms with Crippen LogP contribution in [0.4, 0.5) is 10.1 Å². The summed E-state index contributed by atoms with van der Waals surface area (Å²) >= 11 is 1.27. The van der Waals surface area contributed by atoms with Crippen molar-refractivity contribution in [1.82, 2.24) is 14.5 Å². The lowest BCUT2D eigenvalue weighted by Gasteiger charge is -2.11. The number of hydrogen-bond acceptors (Lipinski definition) is 5. The Morgan fingerprint density at radius 2 is 1.67 bits per heavy atom. The Kier molecular flexibility index (Phi) is 5.50. The molecule has 8 heteroatoms. The van der Waals surface area contributed by atoms with Crippen molar-refractivity contribution in [3.05, 3.63) is 106 Å². The third-order valence-corrected chi connectivity index (χ3v) is 5.88. The van der Waals surface area contributed by atoms with Gasteiger partial charge in [0.15, 0.2) is 5.13 Å². The van der Waals surface area contributed by atoms with E-state index < -0.39 is 0 Å². The lowest BCUT2D eigenvalue weighted by molar-refractivity contribution is -0.115. The van der Waals surface area contributed by atoms with Crippen LogP contribution in [0, 0.1) is 5.82 Å². The highest BCUT2D eigenvalue weighted by atomic mass is 32.1. The van der Waals surface area contributed by atoms with Gasteiger partial charge in [0.25, 0.3) is 5.56 Å². The van der Waals surface area contributed by atoms with Crippen molar-refractivity contribution in [2.75, 3.05) is 5.32 Å². The second kappa shape index (κ2) is 8.76. The highest BCUT2D eigenvalue weighted by molar-refractivity contribution is 7.12. The first-order chi connectivity index (χ1) is 16.1. The molecule has 1 amide bonds. The monoisotopic (exact) mass is 456 g/mol. The molecule has 5 rings (SSSR count). The van der Waals surface area contributed by atoms with Crippen molar-refractivity contribution in [2.45, 2.75) is 6.42 Å². The SMILES string of the molecule is O=C(Cc1csc(-n2c(-c3ccccc3)nc3ccccc3c2=O)n1)Nc1ccc(F)cc1. The van der Waals surface area contributed by atoms with E-state index in [1.54, 1.807) is 23.6 Å². The molecular weight excluding hydrogens is 439 g/mol. The number of carbonyl (C=O) groups is 1. The number of hydrogen-bond donors (Lipinski definition) is 1. The minimum atomic E-state index is -0.374. The van der Waals surface area contributed by atoms with Crippen LogP contribution in [-0.4, -0.2) is 20.4 Å². The molecule has 2 heterocycles. The summed E-state index contributed by atoms with van der Waals surface area (Å²) in [6, 6.07) is 22.2. The molecule has 0 bridgehead atoms. The van der Waals surface area contributed by atoms with Crippen molar-refractivity contribution in [2.24, 2.45) is 0 Å². The van der Waals surface area contributed by atoms with E-state index >= 15 is 0 Å². The number of halogens is 1. The molecule has 5 aromatic rings. The summed E-state index contributed by atoms with van der Waals surface area (Å²) in [4.78, 5) is 35.1. The second-order valence-electron chi connectivity index (χ2n) is 7.31. The minimum Gasteiger partial charge on any atom is -0.326 e.